The van der Waals surface area contributed by atoms with Crippen molar-refractivity contribution in [3.05, 3.63) is 23.9 Å². The first kappa shape index (κ1) is 23.6. The van der Waals surface area contributed by atoms with Gasteiger partial charge in [-0.15, -0.1) is 0 Å². The van der Waals surface area contributed by atoms with Gasteiger partial charge in [-0.25, -0.2) is 4.98 Å². The average molecular weight is 576 g/mol. The van der Waals surface area contributed by atoms with Gasteiger partial charge < -0.3 is 24.6 Å². The van der Waals surface area contributed by atoms with Gasteiger partial charge in [-0.3, -0.25) is 4.79 Å². The third-order valence-corrected chi connectivity index (χ3v) is 8.35. The largest absolute Gasteiger partial charge is 0.379 e. The van der Waals surface area contributed by atoms with E-state index in [2.05, 4.69) is 15.2 Å². The van der Waals surface area contributed by atoms with Crippen LogP contribution in [0, 0.1) is 5.92 Å². The molecule has 5 rings (SSSR count). The number of hydrogen-bond acceptors (Lipinski definition) is 6. The van der Waals surface area contributed by atoms with Crippen molar-refractivity contribution in [1.29, 1.82) is 0 Å². The SMILES string of the molecule is CO[C@@H]1COCC[C@@H]1N[C@@H]1CC[C@H](C(=O)N2C[C@@H]3C[C@H]2CN3c2cc(C(F)(F)I)ccn2)C1. The third-order valence-electron chi connectivity index (χ3n) is 7.73. The maximum absolute atomic E-state index is 13.7. The lowest BCUT2D eigenvalue weighted by atomic mass is 10.0. The molecular formula is C23H31F2IN4O3. The second kappa shape index (κ2) is 9.50. The molecule has 4 aliphatic rings. The normalized spacial score (nSPS) is 34.3. The number of fused-ring (bicyclic) bond motifs is 2. The molecule has 2 bridgehead atoms. The molecule has 3 saturated heterocycles. The number of methoxy groups -OCH3 is 1. The highest BCUT2D eigenvalue weighted by Crippen LogP contribution is 2.40. The molecule has 1 aliphatic carbocycles. The number of amides is 1. The first-order valence-corrected chi connectivity index (χ1v) is 12.9. The van der Waals surface area contributed by atoms with Crippen LogP contribution in [0.2, 0.25) is 0 Å². The number of nitrogens with zero attached hydrogens (tertiary/aromatic N) is 3. The van der Waals surface area contributed by atoms with Crippen LogP contribution in [0.15, 0.2) is 18.3 Å². The summed E-state index contributed by atoms with van der Waals surface area (Å²) in [5.74, 6) is 0.884. The van der Waals surface area contributed by atoms with Crippen molar-refractivity contribution < 1.29 is 23.0 Å². The Morgan fingerprint density at radius 2 is 2.12 bits per heavy atom. The highest BCUT2D eigenvalue weighted by atomic mass is 127. The highest BCUT2D eigenvalue weighted by molar-refractivity contribution is 14.1. The number of alkyl halides is 3. The van der Waals surface area contributed by atoms with Gasteiger partial charge in [0.2, 0.25) is 5.91 Å². The molecule has 7 nitrogen and oxygen atoms in total. The van der Waals surface area contributed by atoms with Crippen molar-refractivity contribution >= 4 is 34.3 Å². The lowest BCUT2D eigenvalue weighted by molar-refractivity contribution is -0.136. The summed E-state index contributed by atoms with van der Waals surface area (Å²) >= 11 is 1.15. The number of anilines is 1. The van der Waals surface area contributed by atoms with E-state index in [9.17, 15) is 13.6 Å². The van der Waals surface area contributed by atoms with Crippen LogP contribution < -0.4 is 10.2 Å². The number of halogens is 3. The molecule has 0 radical (unpaired) electrons. The van der Waals surface area contributed by atoms with Gasteiger partial charge in [-0.1, -0.05) is 0 Å². The predicted molar refractivity (Wildman–Crippen MR) is 128 cm³/mol. The number of piperazine rings is 1. The van der Waals surface area contributed by atoms with Gasteiger partial charge in [0.1, 0.15) is 5.82 Å². The lowest BCUT2D eigenvalue weighted by Crippen LogP contribution is -2.51. The molecule has 4 heterocycles. The van der Waals surface area contributed by atoms with Crippen LogP contribution >= 0.6 is 22.6 Å². The van der Waals surface area contributed by atoms with E-state index >= 15 is 0 Å². The number of ether oxygens (including phenoxy) is 2. The van der Waals surface area contributed by atoms with E-state index in [0.29, 0.717) is 31.6 Å². The van der Waals surface area contributed by atoms with Crippen LogP contribution in [0.25, 0.3) is 0 Å². The molecule has 6 atom stereocenters. The van der Waals surface area contributed by atoms with Gasteiger partial charge in [0, 0.05) is 79.2 Å². The standard InChI is InChI=1S/C23H31F2IN4O3/c1-32-20-13-33-7-5-19(20)28-16-3-2-14(8-16)22(31)30-12-17-10-18(30)11-29(17)21-9-15(4-6-27-21)23(24,25)26/h4,6,9,14,16-20,28H,2-3,5,7-8,10-13H2,1H3/t14-,16+,17-,18-,19-,20+/m0/s1. The topological polar surface area (TPSA) is 66.9 Å². The number of rotatable bonds is 6. The smallest absolute Gasteiger partial charge is 0.321 e. The number of carbonyl (C=O) groups excluding carboxylic acids is 1. The minimum atomic E-state index is -2.92. The van der Waals surface area contributed by atoms with Crippen LogP contribution in [0.1, 0.15) is 37.7 Å². The van der Waals surface area contributed by atoms with Crippen LogP contribution in [0.3, 0.4) is 0 Å². The molecule has 1 aromatic heterocycles. The summed E-state index contributed by atoms with van der Waals surface area (Å²) in [6.45, 7) is 2.67. The van der Waals surface area contributed by atoms with Crippen molar-refractivity contribution in [1.82, 2.24) is 15.2 Å². The molecule has 1 amide bonds. The van der Waals surface area contributed by atoms with E-state index in [1.807, 2.05) is 4.90 Å². The Morgan fingerprint density at radius 1 is 1.27 bits per heavy atom. The van der Waals surface area contributed by atoms with Gasteiger partial charge in [0.15, 0.2) is 0 Å². The van der Waals surface area contributed by atoms with E-state index in [4.69, 9.17) is 9.47 Å². The second-order valence-corrected chi connectivity index (χ2v) is 11.1. The first-order chi connectivity index (χ1) is 15.8. The fraction of sp³-hybridized carbons (Fsp3) is 0.739. The summed E-state index contributed by atoms with van der Waals surface area (Å²) in [6.07, 6.45) is 6.08. The molecule has 0 spiro atoms. The van der Waals surface area contributed by atoms with Crippen molar-refractivity contribution in [2.24, 2.45) is 5.92 Å². The first-order valence-electron chi connectivity index (χ1n) is 11.8. The average Bonchev–Trinajstić information content (AvgIpc) is 3.54. The molecule has 33 heavy (non-hydrogen) atoms. The highest BCUT2D eigenvalue weighted by Gasteiger charge is 2.48. The van der Waals surface area contributed by atoms with Gasteiger partial charge in [0.25, 0.3) is 0 Å². The molecular weight excluding hydrogens is 545 g/mol. The molecule has 1 N–H and O–H groups in total. The zero-order valence-electron chi connectivity index (χ0n) is 18.8. The van der Waals surface area contributed by atoms with Gasteiger partial charge >= 0.3 is 3.93 Å². The van der Waals surface area contributed by atoms with Crippen LogP contribution in [0.4, 0.5) is 14.6 Å². The molecule has 182 valence electrons. The summed E-state index contributed by atoms with van der Waals surface area (Å²) in [6, 6.07) is 3.73. The van der Waals surface area contributed by atoms with Gasteiger partial charge in [-0.05, 0) is 44.2 Å². The van der Waals surface area contributed by atoms with Crippen molar-refractivity contribution in [2.75, 3.05) is 38.3 Å². The van der Waals surface area contributed by atoms with Crippen molar-refractivity contribution in [2.45, 2.75) is 66.3 Å². The number of nitrogens with one attached hydrogen (secondary N) is 1. The second-order valence-electron chi connectivity index (χ2n) is 9.70. The van der Waals surface area contributed by atoms with E-state index in [1.165, 1.54) is 18.3 Å². The Kier molecular flexibility index (Phi) is 6.80. The maximum atomic E-state index is 13.7. The fourth-order valence-corrected chi connectivity index (χ4v) is 6.33. The number of likely N-dealkylation sites (tertiary alicyclic amines) is 1. The van der Waals surface area contributed by atoms with Crippen LogP contribution in [0.5, 0.6) is 0 Å². The minimum Gasteiger partial charge on any atom is -0.379 e. The Morgan fingerprint density at radius 3 is 2.85 bits per heavy atom. The Labute approximate surface area is 206 Å². The monoisotopic (exact) mass is 576 g/mol. The maximum Gasteiger partial charge on any atom is 0.321 e. The van der Waals surface area contributed by atoms with E-state index in [0.717, 1.165) is 61.3 Å². The van der Waals surface area contributed by atoms with Crippen LogP contribution in [-0.4, -0.2) is 79.5 Å². The van der Waals surface area contributed by atoms with Crippen molar-refractivity contribution in [3.63, 3.8) is 0 Å². The summed E-state index contributed by atoms with van der Waals surface area (Å²) in [4.78, 5) is 21.8. The number of aromatic nitrogens is 1. The fourth-order valence-electron chi connectivity index (χ4n) is 6.00. The predicted octanol–water partition coefficient (Wildman–Crippen LogP) is 2.92. The van der Waals surface area contributed by atoms with Crippen LogP contribution in [-0.2, 0) is 18.2 Å². The lowest BCUT2D eigenvalue weighted by Gasteiger charge is -2.36. The summed E-state index contributed by atoms with van der Waals surface area (Å²) in [5, 5.41) is 3.72. The van der Waals surface area contributed by atoms with Gasteiger partial charge in [-0.2, -0.15) is 8.78 Å². The molecule has 10 heteroatoms. The molecule has 1 aromatic rings. The zero-order chi connectivity index (χ0) is 23.2. The summed E-state index contributed by atoms with van der Waals surface area (Å²) in [5.41, 5.74) is -0.0338. The van der Waals surface area contributed by atoms with Crippen molar-refractivity contribution in [3.8, 4) is 0 Å². The minimum absolute atomic E-state index is 0.0338. The Bertz CT molecular complexity index is 872. The number of hydrogen-bond donors (Lipinski definition) is 1. The number of carbonyl (C=O) groups is 1. The molecule has 4 fully saturated rings. The Balaban J connectivity index is 1.16. The Hall–Kier alpha value is -1.11. The van der Waals surface area contributed by atoms with Gasteiger partial charge in [0.05, 0.1) is 24.8 Å². The third kappa shape index (κ3) is 4.85. The molecule has 0 unspecified atom stereocenters. The molecule has 0 aromatic carbocycles. The van der Waals surface area contributed by atoms with E-state index in [-0.39, 0.29) is 41.6 Å². The summed E-state index contributed by atoms with van der Waals surface area (Å²) in [7, 11) is 1.72. The number of pyridine rings is 1. The van der Waals surface area contributed by atoms with E-state index in [1.54, 1.807) is 7.11 Å². The zero-order valence-corrected chi connectivity index (χ0v) is 20.9. The van der Waals surface area contributed by atoms with E-state index < -0.39 is 3.93 Å². The summed E-state index contributed by atoms with van der Waals surface area (Å²) < 4.78 is 35.6. The quantitative estimate of drug-likeness (QED) is 0.415. The molecule has 1 saturated carbocycles. The molecule has 3 aliphatic heterocycles.